The highest BCUT2D eigenvalue weighted by atomic mass is 16.5. The van der Waals surface area contributed by atoms with Crippen molar-refractivity contribution < 1.29 is 4.74 Å². The van der Waals surface area contributed by atoms with Gasteiger partial charge in [0.05, 0.1) is 13.2 Å². The van der Waals surface area contributed by atoms with Gasteiger partial charge in [0.1, 0.15) is 0 Å². The van der Waals surface area contributed by atoms with Crippen molar-refractivity contribution in [2.45, 2.75) is 32.2 Å². The maximum atomic E-state index is 5.91. The molecule has 0 radical (unpaired) electrons. The second-order valence-corrected chi connectivity index (χ2v) is 4.95. The van der Waals surface area contributed by atoms with Crippen LogP contribution in [0, 0.1) is 11.3 Å². The van der Waals surface area contributed by atoms with E-state index in [0.717, 1.165) is 19.8 Å². The van der Waals surface area contributed by atoms with Crippen molar-refractivity contribution in [2.24, 2.45) is 17.1 Å². The van der Waals surface area contributed by atoms with E-state index in [9.17, 15) is 0 Å². The lowest BCUT2D eigenvalue weighted by atomic mass is 10.0. The van der Waals surface area contributed by atoms with E-state index in [0.29, 0.717) is 11.3 Å². The average Bonchev–Trinajstić information content (AvgIpc) is 2.86. The average molecular weight is 198 g/mol. The van der Waals surface area contributed by atoms with Crippen LogP contribution in [0.15, 0.2) is 0 Å². The summed E-state index contributed by atoms with van der Waals surface area (Å²) in [6, 6.07) is 0.249. The van der Waals surface area contributed by atoms with Gasteiger partial charge >= 0.3 is 0 Å². The van der Waals surface area contributed by atoms with Gasteiger partial charge in [0, 0.05) is 25.0 Å². The number of nitrogens with one attached hydrogen (secondary N) is 1. The topological polar surface area (TPSA) is 47.3 Å². The van der Waals surface area contributed by atoms with E-state index in [2.05, 4.69) is 12.2 Å². The van der Waals surface area contributed by atoms with Gasteiger partial charge in [-0.2, -0.15) is 0 Å². The van der Waals surface area contributed by atoms with Crippen LogP contribution in [0.25, 0.3) is 0 Å². The van der Waals surface area contributed by atoms with E-state index >= 15 is 0 Å². The molecular formula is C11H22N2O. The molecule has 2 fully saturated rings. The molecular weight excluding hydrogens is 176 g/mol. The molecule has 2 atom stereocenters. The van der Waals surface area contributed by atoms with Crippen LogP contribution in [0.2, 0.25) is 0 Å². The van der Waals surface area contributed by atoms with Gasteiger partial charge in [-0.05, 0) is 24.7 Å². The van der Waals surface area contributed by atoms with E-state index in [1.54, 1.807) is 0 Å². The summed E-state index contributed by atoms with van der Waals surface area (Å²) in [5.74, 6) is 0.530. The third-order valence-electron chi connectivity index (χ3n) is 3.86. The van der Waals surface area contributed by atoms with E-state index in [-0.39, 0.29) is 6.04 Å². The number of hydrogen-bond acceptors (Lipinski definition) is 3. The Balaban J connectivity index is 1.63. The fraction of sp³-hybridized carbons (Fsp3) is 1.00. The molecule has 82 valence electrons. The molecule has 0 bridgehead atoms. The molecule has 1 aliphatic heterocycles. The molecule has 3 N–H and O–H groups in total. The summed E-state index contributed by atoms with van der Waals surface area (Å²) < 4.78 is 5.33. The highest BCUT2D eigenvalue weighted by Gasteiger charge is 2.40. The standard InChI is InChI=1S/C11H22N2O/c1-2-11(3-4-11)8-13-5-9-6-14-7-10(9)12/h9-10,13H,2-8,12H2,1H3. The van der Waals surface area contributed by atoms with E-state index < -0.39 is 0 Å². The third-order valence-corrected chi connectivity index (χ3v) is 3.86. The first-order valence-corrected chi connectivity index (χ1v) is 5.80. The Labute approximate surface area is 86.4 Å². The third kappa shape index (κ3) is 2.27. The molecule has 0 spiro atoms. The Bertz CT molecular complexity index is 192. The Morgan fingerprint density at radius 1 is 1.43 bits per heavy atom. The minimum absolute atomic E-state index is 0.249. The van der Waals surface area contributed by atoms with Crippen molar-refractivity contribution in [3.05, 3.63) is 0 Å². The van der Waals surface area contributed by atoms with Gasteiger partial charge in [-0.1, -0.05) is 6.92 Å². The fourth-order valence-electron chi connectivity index (χ4n) is 2.18. The number of hydrogen-bond donors (Lipinski definition) is 2. The number of rotatable bonds is 5. The second kappa shape index (κ2) is 4.17. The van der Waals surface area contributed by atoms with E-state index in [4.69, 9.17) is 10.5 Å². The molecule has 2 aliphatic rings. The van der Waals surface area contributed by atoms with Gasteiger partial charge in [-0.15, -0.1) is 0 Å². The summed E-state index contributed by atoms with van der Waals surface area (Å²) in [6.07, 6.45) is 4.13. The SMILES string of the molecule is CCC1(CNCC2COCC2N)CC1. The van der Waals surface area contributed by atoms with Crippen molar-refractivity contribution in [3.8, 4) is 0 Å². The first kappa shape index (κ1) is 10.4. The molecule has 0 amide bonds. The smallest absolute Gasteiger partial charge is 0.0621 e. The molecule has 0 aromatic carbocycles. The van der Waals surface area contributed by atoms with Crippen LogP contribution in [0.1, 0.15) is 26.2 Å². The van der Waals surface area contributed by atoms with Crippen LogP contribution in [-0.4, -0.2) is 32.3 Å². The van der Waals surface area contributed by atoms with Gasteiger partial charge in [0.2, 0.25) is 0 Å². The number of nitrogens with two attached hydrogens (primary N) is 1. The van der Waals surface area contributed by atoms with Crippen molar-refractivity contribution in [1.82, 2.24) is 5.32 Å². The molecule has 0 aromatic heterocycles. The normalized spacial score (nSPS) is 34.7. The van der Waals surface area contributed by atoms with Crippen LogP contribution >= 0.6 is 0 Å². The second-order valence-electron chi connectivity index (χ2n) is 4.95. The summed E-state index contributed by atoms with van der Waals surface area (Å²) in [5, 5.41) is 3.55. The van der Waals surface area contributed by atoms with Crippen LogP contribution < -0.4 is 11.1 Å². The zero-order valence-corrected chi connectivity index (χ0v) is 9.09. The molecule has 1 heterocycles. The van der Waals surface area contributed by atoms with Gasteiger partial charge in [0.25, 0.3) is 0 Å². The lowest BCUT2D eigenvalue weighted by molar-refractivity contribution is 0.183. The predicted octanol–water partition coefficient (Wildman–Crippen LogP) is 0.740. The molecule has 3 nitrogen and oxygen atoms in total. The van der Waals surface area contributed by atoms with Crippen LogP contribution in [-0.2, 0) is 4.74 Å². The quantitative estimate of drug-likeness (QED) is 0.685. The minimum Gasteiger partial charge on any atom is -0.379 e. The molecule has 0 aromatic rings. The minimum atomic E-state index is 0.249. The Morgan fingerprint density at radius 3 is 2.71 bits per heavy atom. The monoisotopic (exact) mass is 198 g/mol. The Hall–Kier alpha value is -0.120. The molecule has 1 aliphatic carbocycles. The molecule has 1 saturated carbocycles. The molecule has 1 saturated heterocycles. The van der Waals surface area contributed by atoms with Gasteiger partial charge < -0.3 is 15.8 Å². The first-order valence-electron chi connectivity index (χ1n) is 5.80. The van der Waals surface area contributed by atoms with Crippen LogP contribution in [0.4, 0.5) is 0 Å². The predicted molar refractivity (Wildman–Crippen MR) is 57.1 cm³/mol. The summed E-state index contributed by atoms with van der Waals surface area (Å²) >= 11 is 0. The maximum absolute atomic E-state index is 5.91. The van der Waals surface area contributed by atoms with Crippen molar-refractivity contribution in [3.63, 3.8) is 0 Å². The molecule has 3 heteroatoms. The maximum Gasteiger partial charge on any atom is 0.0621 e. The van der Waals surface area contributed by atoms with Gasteiger partial charge in [-0.3, -0.25) is 0 Å². The Kier molecular flexibility index (Phi) is 3.10. The van der Waals surface area contributed by atoms with E-state index in [1.807, 2.05) is 0 Å². The fourth-order valence-corrected chi connectivity index (χ4v) is 2.18. The highest BCUT2D eigenvalue weighted by molar-refractivity contribution is 4.94. The largest absolute Gasteiger partial charge is 0.379 e. The number of ether oxygens (including phenoxy) is 1. The zero-order valence-electron chi connectivity index (χ0n) is 9.09. The molecule has 14 heavy (non-hydrogen) atoms. The zero-order chi connectivity index (χ0) is 10.0. The van der Waals surface area contributed by atoms with Gasteiger partial charge in [-0.25, -0.2) is 0 Å². The van der Waals surface area contributed by atoms with Crippen molar-refractivity contribution >= 4 is 0 Å². The molecule has 2 rings (SSSR count). The van der Waals surface area contributed by atoms with Crippen LogP contribution in [0.3, 0.4) is 0 Å². The highest BCUT2D eigenvalue weighted by Crippen LogP contribution is 2.47. The summed E-state index contributed by atoms with van der Waals surface area (Å²) in [5.41, 5.74) is 6.55. The van der Waals surface area contributed by atoms with Crippen molar-refractivity contribution in [1.29, 1.82) is 0 Å². The first-order chi connectivity index (χ1) is 6.76. The lowest BCUT2D eigenvalue weighted by Crippen LogP contribution is -2.37. The summed E-state index contributed by atoms with van der Waals surface area (Å²) in [7, 11) is 0. The van der Waals surface area contributed by atoms with Gasteiger partial charge in [0.15, 0.2) is 0 Å². The van der Waals surface area contributed by atoms with E-state index in [1.165, 1.54) is 25.8 Å². The summed E-state index contributed by atoms with van der Waals surface area (Å²) in [6.45, 7) is 6.08. The van der Waals surface area contributed by atoms with Crippen molar-refractivity contribution in [2.75, 3.05) is 26.3 Å². The summed E-state index contributed by atoms with van der Waals surface area (Å²) in [4.78, 5) is 0. The van der Waals surface area contributed by atoms with Crippen LogP contribution in [0.5, 0.6) is 0 Å². The molecule has 2 unspecified atom stereocenters. The Morgan fingerprint density at radius 2 is 2.21 bits per heavy atom. The lowest BCUT2D eigenvalue weighted by Gasteiger charge is -2.17.